The van der Waals surface area contributed by atoms with E-state index in [2.05, 4.69) is 0 Å². The van der Waals surface area contributed by atoms with Crippen molar-refractivity contribution >= 4 is 23.4 Å². The molecule has 0 saturated carbocycles. The Hall–Kier alpha value is -2.37. The van der Waals surface area contributed by atoms with Gasteiger partial charge in [0.25, 0.3) is 0 Å². The highest BCUT2D eigenvalue weighted by Crippen LogP contribution is 2.25. The third-order valence-corrected chi connectivity index (χ3v) is 2.99. The molecule has 2 rings (SSSR count). The number of nitrogens with two attached hydrogens (primary N) is 2. The molecule has 0 radical (unpaired) electrons. The van der Waals surface area contributed by atoms with E-state index in [1.807, 2.05) is 0 Å². The van der Waals surface area contributed by atoms with E-state index in [1.54, 1.807) is 24.3 Å². The average molecular weight is 247 g/mol. The third-order valence-electron chi connectivity index (χ3n) is 2.99. The van der Waals surface area contributed by atoms with Crippen molar-refractivity contribution in [2.45, 2.75) is 6.42 Å². The van der Waals surface area contributed by atoms with Crippen LogP contribution >= 0.6 is 0 Å². The summed E-state index contributed by atoms with van der Waals surface area (Å²) in [6.07, 6.45) is 0.132. The van der Waals surface area contributed by atoms with Crippen molar-refractivity contribution in [2.24, 2.45) is 17.4 Å². The van der Waals surface area contributed by atoms with Gasteiger partial charge in [0.15, 0.2) is 0 Å². The molecule has 0 bridgehead atoms. The molecule has 0 aliphatic carbocycles. The molecule has 94 valence electrons. The standard InChI is InChI=1S/C12H13N3O3/c13-11(17)7-1-3-9(4-2-7)15-6-8(12(14)18)5-10(15)16/h1-4,8H,5-6H2,(H2,13,17)(H2,14,18)/t8-/m1/s1. The number of benzene rings is 1. The number of rotatable bonds is 3. The lowest BCUT2D eigenvalue weighted by Gasteiger charge is -2.16. The maximum absolute atomic E-state index is 11.7. The van der Waals surface area contributed by atoms with Gasteiger partial charge in [0.2, 0.25) is 17.7 Å². The fraction of sp³-hybridized carbons (Fsp3) is 0.250. The maximum Gasteiger partial charge on any atom is 0.248 e. The fourth-order valence-electron chi connectivity index (χ4n) is 1.95. The first-order valence-electron chi connectivity index (χ1n) is 5.48. The Morgan fingerprint density at radius 2 is 1.78 bits per heavy atom. The van der Waals surface area contributed by atoms with E-state index in [0.29, 0.717) is 11.3 Å². The van der Waals surface area contributed by atoms with Gasteiger partial charge in [0.05, 0.1) is 5.92 Å². The van der Waals surface area contributed by atoms with Crippen LogP contribution in [0.4, 0.5) is 5.69 Å². The van der Waals surface area contributed by atoms with Crippen LogP contribution in [-0.2, 0) is 9.59 Å². The summed E-state index contributed by atoms with van der Waals surface area (Å²) in [5, 5.41) is 0. The monoisotopic (exact) mass is 247 g/mol. The number of carbonyl (C=O) groups is 3. The van der Waals surface area contributed by atoms with Gasteiger partial charge in [-0.25, -0.2) is 0 Å². The molecule has 1 aliphatic rings. The third kappa shape index (κ3) is 2.17. The molecular formula is C12H13N3O3. The van der Waals surface area contributed by atoms with Gasteiger partial charge in [0, 0.05) is 24.2 Å². The molecule has 6 nitrogen and oxygen atoms in total. The molecule has 6 heteroatoms. The highest BCUT2D eigenvalue weighted by molar-refractivity contribution is 6.00. The van der Waals surface area contributed by atoms with E-state index < -0.39 is 17.7 Å². The lowest BCUT2D eigenvalue weighted by Crippen LogP contribution is -2.28. The Morgan fingerprint density at radius 3 is 2.22 bits per heavy atom. The van der Waals surface area contributed by atoms with Crippen molar-refractivity contribution in [3.05, 3.63) is 29.8 Å². The minimum Gasteiger partial charge on any atom is -0.369 e. The second-order valence-corrected chi connectivity index (χ2v) is 4.22. The number of hydrogen-bond acceptors (Lipinski definition) is 3. The predicted octanol–water partition coefficient (Wildman–Crippen LogP) is -0.376. The van der Waals surface area contributed by atoms with Crippen LogP contribution in [0.1, 0.15) is 16.8 Å². The summed E-state index contributed by atoms with van der Waals surface area (Å²) in [5.41, 5.74) is 11.3. The zero-order chi connectivity index (χ0) is 13.3. The molecule has 0 unspecified atom stereocenters. The molecule has 1 aliphatic heterocycles. The molecule has 1 saturated heterocycles. The molecule has 0 spiro atoms. The number of carbonyl (C=O) groups excluding carboxylic acids is 3. The van der Waals surface area contributed by atoms with Crippen LogP contribution in [-0.4, -0.2) is 24.3 Å². The Labute approximate surface area is 104 Å². The lowest BCUT2D eigenvalue weighted by molar-refractivity contribution is -0.123. The molecule has 1 aromatic rings. The minimum atomic E-state index is -0.524. The summed E-state index contributed by atoms with van der Waals surface area (Å²) in [7, 11) is 0. The number of nitrogens with zero attached hydrogens (tertiary/aromatic N) is 1. The second kappa shape index (κ2) is 4.48. The Bertz CT molecular complexity index is 510. The Morgan fingerprint density at radius 1 is 1.17 bits per heavy atom. The molecule has 1 aromatic carbocycles. The summed E-state index contributed by atoms with van der Waals surface area (Å²) in [5.74, 6) is -1.59. The second-order valence-electron chi connectivity index (χ2n) is 4.22. The summed E-state index contributed by atoms with van der Waals surface area (Å²) < 4.78 is 0. The molecule has 0 aromatic heterocycles. The summed E-state index contributed by atoms with van der Waals surface area (Å²) >= 11 is 0. The van der Waals surface area contributed by atoms with Crippen LogP contribution in [0.2, 0.25) is 0 Å². The smallest absolute Gasteiger partial charge is 0.248 e. The topological polar surface area (TPSA) is 106 Å². The first-order chi connectivity index (χ1) is 8.49. The van der Waals surface area contributed by atoms with Gasteiger partial charge in [-0.3, -0.25) is 14.4 Å². The van der Waals surface area contributed by atoms with Crippen LogP contribution in [0.25, 0.3) is 0 Å². The van der Waals surface area contributed by atoms with Crippen molar-refractivity contribution < 1.29 is 14.4 Å². The summed E-state index contributed by atoms with van der Waals surface area (Å²) in [6.45, 7) is 0.282. The molecule has 4 N–H and O–H groups in total. The highest BCUT2D eigenvalue weighted by atomic mass is 16.2. The summed E-state index contributed by atoms with van der Waals surface area (Å²) in [4.78, 5) is 35.2. The van der Waals surface area contributed by atoms with Crippen molar-refractivity contribution in [2.75, 3.05) is 11.4 Å². The molecule has 1 heterocycles. The van der Waals surface area contributed by atoms with Crippen LogP contribution in [0.15, 0.2) is 24.3 Å². The van der Waals surface area contributed by atoms with E-state index in [9.17, 15) is 14.4 Å². The van der Waals surface area contributed by atoms with Gasteiger partial charge in [-0.1, -0.05) is 0 Å². The number of hydrogen-bond donors (Lipinski definition) is 2. The van der Waals surface area contributed by atoms with Gasteiger partial charge in [0.1, 0.15) is 0 Å². The van der Waals surface area contributed by atoms with Gasteiger partial charge >= 0.3 is 0 Å². The van der Waals surface area contributed by atoms with Crippen molar-refractivity contribution in [3.63, 3.8) is 0 Å². The van der Waals surface area contributed by atoms with Gasteiger partial charge < -0.3 is 16.4 Å². The zero-order valence-electron chi connectivity index (χ0n) is 9.63. The van der Waals surface area contributed by atoms with E-state index in [0.717, 1.165) is 0 Å². The zero-order valence-corrected chi connectivity index (χ0v) is 9.63. The normalized spacial score (nSPS) is 19.0. The molecular weight excluding hydrogens is 234 g/mol. The lowest BCUT2D eigenvalue weighted by atomic mass is 10.1. The maximum atomic E-state index is 11.7. The van der Waals surface area contributed by atoms with Crippen LogP contribution in [0.3, 0.4) is 0 Å². The largest absolute Gasteiger partial charge is 0.369 e. The number of amides is 3. The van der Waals surface area contributed by atoms with E-state index in [4.69, 9.17) is 11.5 Å². The molecule has 1 atom stereocenters. The predicted molar refractivity (Wildman–Crippen MR) is 64.6 cm³/mol. The van der Waals surface area contributed by atoms with E-state index in [1.165, 1.54) is 4.90 Å². The number of anilines is 1. The molecule has 18 heavy (non-hydrogen) atoms. The quantitative estimate of drug-likeness (QED) is 0.760. The SMILES string of the molecule is NC(=O)c1ccc(N2C[C@H](C(N)=O)CC2=O)cc1. The van der Waals surface area contributed by atoms with Crippen molar-refractivity contribution in [3.8, 4) is 0 Å². The molecule has 1 fully saturated rings. The van der Waals surface area contributed by atoms with Crippen LogP contribution < -0.4 is 16.4 Å². The van der Waals surface area contributed by atoms with Crippen LogP contribution in [0.5, 0.6) is 0 Å². The van der Waals surface area contributed by atoms with Crippen molar-refractivity contribution in [1.29, 1.82) is 0 Å². The fourth-order valence-corrected chi connectivity index (χ4v) is 1.95. The van der Waals surface area contributed by atoms with E-state index in [-0.39, 0.29) is 18.9 Å². The minimum absolute atomic E-state index is 0.132. The van der Waals surface area contributed by atoms with Gasteiger partial charge in [-0.2, -0.15) is 0 Å². The van der Waals surface area contributed by atoms with Gasteiger partial charge in [-0.05, 0) is 24.3 Å². The highest BCUT2D eigenvalue weighted by Gasteiger charge is 2.33. The number of primary amides is 2. The van der Waals surface area contributed by atoms with Gasteiger partial charge in [-0.15, -0.1) is 0 Å². The average Bonchev–Trinajstić information content (AvgIpc) is 2.71. The first kappa shape index (κ1) is 12.1. The van der Waals surface area contributed by atoms with E-state index >= 15 is 0 Å². The first-order valence-corrected chi connectivity index (χ1v) is 5.48. The summed E-state index contributed by atoms with van der Waals surface area (Å²) in [6, 6.07) is 6.34. The molecule has 3 amide bonds. The Balaban J connectivity index is 2.19. The van der Waals surface area contributed by atoms with Crippen LogP contribution in [0, 0.1) is 5.92 Å². The van der Waals surface area contributed by atoms with Crippen molar-refractivity contribution in [1.82, 2.24) is 0 Å². The Kier molecular flexibility index (Phi) is 3.01.